The lowest BCUT2D eigenvalue weighted by Gasteiger charge is -2.51. The van der Waals surface area contributed by atoms with Crippen LogP contribution in [-0.4, -0.2) is 66.3 Å². The zero-order valence-electron chi connectivity index (χ0n) is 8.11. The third kappa shape index (κ3) is 1.15. The molecule has 0 unspecified atom stereocenters. The zero-order chi connectivity index (χ0) is 11.4. The summed E-state index contributed by atoms with van der Waals surface area (Å²) in [6.07, 6.45) is -6.00. The Balaban J connectivity index is 2.43. The van der Waals surface area contributed by atoms with Gasteiger partial charge in [0, 0.05) is 0 Å². The minimum atomic E-state index is -1.94. The van der Waals surface area contributed by atoms with Gasteiger partial charge in [-0.05, 0) is 19.3 Å². The Morgan fingerprint density at radius 3 is 1.40 bits per heavy atom. The summed E-state index contributed by atoms with van der Waals surface area (Å²) >= 11 is 0. The molecule has 6 atom stereocenters. The lowest BCUT2D eigenvalue weighted by atomic mass is 9.68. The standard InChI is InChI=1S/C9H16O6/c10-4-5(11)7(13)9(15)3-1-2-8(9,14)6(4)12/h4-7,10-15H,1-3H2/t4-,5+,6-,7-,8-,9-/m1/s1. The van der Waals surface area contributed by atoms with E-state index in [4.69, 9.17) is 0 Å². The number of fused-ring (bicyclic) bond motifs is 1. The van der Waals surface area contributed by atoms with Gasteiger partial charge in [0.1, 0.15) is 35.6 Å². The number of rotatable bonds is 0. The Kier molecular flexibility index (Phi) is 2.35. The Bertz CT molecular complexity index is 245. The fraction of sp³-hybridized carbons (Fsp3) is 1.00. The molecule has 0 amide bonds. The molecule has 0 aliphatic heterocycles. The molecule has 0 aromatic carbocycles. The average Bonchev–Trinajstić information content (AvgIpc) is 2.52. The summed E-state index contributed by atoms with van der Waals surface area (Å²) < 4.78 is 0. The molecule has 0 radical (unpaired) electrons. The molecule has 2 aliphatic carbocycles. The van der Waals surface area contributed by atoms with Crippen molar-refractivity contribution in [3.63, 3.8) is 0 Å². The van der Waals surface area contributed by atoms with Gasteiger partial charge in [-0.15, -0.1) is 0 Å². The van der Waals surface area contributed by atoms with Crippen LogP contribution in [0, 0.1) is 0 Å². The van der Waals surface area contributed by atoms with Crippen molar-refractivity contribution in [1.29, 1.82) is 0 Å². The van der Waals surface area contributed by atoms with Crippen molar-refractivity contribution in [2.75, 3.05) is 0 Å². The molecule has 0 spiro atoms. The van der Waals surface area contributed by atoms with E-state index in [2.05, 4.69) is 0 Å². The molecule has 6 nitrogen and oxygen atoms in total. The first-order chi connectivity index (χ1) is 6.84. The van der Waals surface area contributed by atoms with Gasteiger partial charge in [-0.3, -0.25) is 0 Å². The molecule has 2 saturated carbocycles. The number of aliphatic hydroxyl groups excluding tert-OH is 4. The van der Waals surface area contributed by atoms with Gasteiger partial charge in [0.15, 0.2) is 0 Å². The van der Waals surface area contributed by atoms with E-state index in [1.54, 1.807) is 0 Å². The molecular weight excluding hydrogens is 204 g/mol. The molecule has 0 aromatic rings. The Morgan fingerprint density at radius 2 is 1.07 bits per heavy atom. The second-order valence-electron chi connectivity index (χ2n) is 4.57. The fourth-order valence-corrected chi connectivity index (χ4v) is 2.81. The number of aliphatic hydroxyl groups is 6. The predicted octanol–water partition coefficient (Wildman–Crippen LogP) is -2.91. The van der Waals surface area contributed by atoms with Gasteiger partial charge in [0.05, 0.1) is 0 Å². The first-order valence-corrected chi connectivity index (χ1v) is 5.01. The van der Waals surface area contributed by atoms with Crippen LogP contribution in [0.3, 0.4) is 0 Å². The molecule has 6 heteroatoms. The van der Waals surface area contributed by atoms with E-state index in [-0.39, 0.29) is 12.8 Å². The van der Waals surface area contributed by atoms with Crippen molar-refractivity contribution in [1.82, 2.24) is 0 Å². The molecule has 2 fully saturated rings. The van der Waals surface area contributed by atoms with E-state index in [0.717, 1.165) is 0 Å². The highest BCUT2D eigenvalue weighted by Gasteiger charge is 2.68. The maximum absolute atomic E-state index is 10.1. The van der Waals surface area contributed by atoms with Crippen LogP contribution in [0.25, 0.3) is 0 Å². The Hall–Kier alpha value is -0.240. The third-order valence-corrected chi connectivity index (χ3v) is 3.84. The van der Waals surface area contributed by atoms with Crippen LogP contribution in [0.15, 0.2) is 0 Å². The summed E-state index contributed by atoms with van der Waals surface area (Å²) in [6, 6.07) is 0. The molecule has 0 aromatic heterocycles. The highest BCUT2D eigenvalue weighted by molar-refractivity contribution is 5.19. The predicted molar refractivity (Wildman–Crippen MR) is 47.8 cm³/mol. The number of hydrogen-bond donors (Lipinski definition) is 6. The first kappa shape index (κ1) is 11.3. The van der Waals surface area contributed by atoms with Crippen LogP contribution in [-0.2, 0) is 0 Å². The van der Waals surface area contributed by atoms with Crippen LogP contribution < -0.4 is 0 Å². The maximum Gasteiger partial charge on any atom is 0.124 e. The summed E-state index contributed by atoms with van der Waals surface area (Å²) in [6.45, 7) is 0. The quantitative estimate of drug-likeness (QED) is 0.260. The van der Waals surface area contributed by atoms with Crippen LogP contribution in [0.1, 0.15) is 19.3 Å². The van der Waals surface area contributed by atoms with Crippen molar-refractivity contribution in [3.8, 4) is 0 Å². The van der Waals surface area contributed by atoms with Gasteiger partial charge in [-0.1, -0.05) is 0 Å². The minimum absolute atomic E-state index is 0.0888. The molecule has 0 saturated heterocycles. The molecule has 6 N–H and O–H groups in total. The highest BCUT2D eigenvalue weighted by Crippen LogP contribution is 2.48. The third-order valence-electron chi connectivity index (χ3n) is 3.84. The van der Waals surface area contributed by atoms with Gasteiger partial charge >= 0.3 is 0 Å². The SMILES string of the molecule is O[C@@H]1[C@H](O)[C@@H](O)[C@]2(O)CCC[C@@]2(O)[C@@H]1O. The summed E-state index contributed by atoms with van der Waals surface area (Å²) in [5.41, 5.74) is -3.88. The number of hydrogen-bond acceptors (Lipinski definition) is 6. The van der Waals surface area contributed by atoms with Crippen LogP contribution in [0.5, 0.6) is 0 Å². The molecule has 0 bridgehead atoms. The molecule has 0 heterocycles. The van der Waals surface area contributed by atoms with Crippen LogP contribution >= 0.6 is 0 Å². The Labute approximate surface area is 86.4 Å². The van der Waals surface area contributed by atoms with Crippen molar-refractivity contribution < 1.29 is 30.6 Å². The monoisotopic (exact) mass is 220 g/mol. The van der Waals surface area contributed by atoms with Gasteiger partial charge in [-0.2, -0.15) is 0 Å². The first-order valence-electron chi connectivity index (χ1n) is 5.01. The largest absolute Gasteiger partial charge is 0.387 e. The van der Waals surface area contributed by atoms with Crippen LogP contribution in [0.2, 0.25) is 0 Å². The second-order valence-corrected chi connectivity index (χ2v) is 4.57. The maximum atomic E-state index is 10.1. The van der Waals surface area contributed by atoms with Crippen LogP contribution in [0.4, 0.5) is 0 Å². The van der Waals surface area contributed by atoms with Gasteiger partial charge < -0.3 is 30.6 Å². The highest BCUT2D eigenvalue weighted by atomic mass is 16.4. The lowest BCUT2D eigenvalue weighted by molar-refractivity contribution is -0.300. The van der Waals surface area contributed by atoms with Crippen molar-refractivity contribution in [2.45, 2.75) is 54.9 Å². The van der Waals surface area contributed by atoms with E-state index < -0.39 is 35.6 Å². The summed E-state index contributed by atoms with van der Waals surface area (Å²) in [7, 11) is 0. The molecule has 88 valence electrons. The van der Waals surface area contributed by atoms with Crippen molar-refractivity contribution in [3.05, 3.63) is 0 Å². The van der Waals surface area contributed by atoms with Gasteiger partial charge in [-0.25, -0.2) is 0 Å². The normalized spacial score (nSPS) is 60.4. The average molecular weight is 220 g/mol. The van der Waals surface area contributed by atoms with E-state index in [1.165, 1.54) is 0 Å². The topological polar surface area (TPSA) is 121 Å². The van der Waals surface area contributed by atoms with Crippen molar-refractivity contribution >= 4 is 0 Å². The zero-order valence-corrected chi connectivity index (χ0v) is 8.11. The summed E-state index contributed by atoms with van der Waals surface area (Å²) in [4.78, 5) is 0. The molecule has 2 rings (SSSR count). The van der Waals surface area contributed by atoms with Crippen molar-refractivity contribution in [2.24, 2.45) is 0 Å². The van der Waals surface area contributed by atoms with E-state index >= 15 is 0 Å². The van der Waals surface area contributed by atoms with E-state index in [9.17, 15) is 30.6 Å². The van der Waals surface area contributed by atoms with Gasteiger partial charge in [0.2, 0.25) is 0 Å². The minimum Gasteiger partial charge on any atom is -0.387 e. The Morgan fingerprint density at radius 1 is 0.733 bits per heavy atom. The van der Waals surface area contributed by atoms with E-state index in [0.29, 0.717) is 6.42 Å². The molecular formula is C9H16O6. The molecule has 2 aliphatic rings. The summed E-state index contributed by atoms with van der Waals surface area (Å²) in [5, 5.41) is 58.2. The van der Waals surface area contributed by atoms with E-state index in [1.807, 2.05) is 0 Å². The summed E-state index contributed by atoms with van der Waals surface area (Å²) in [5.74, 6) is 0. The lowest BCUT2D eigenvalue weighted by Crippen LogP contribution is -2.75. The smallest absolute Gasteiger partial charge is 0.124 e. The van der Waals surface area contributed by atoms with Gasteiger partial charge in [0.25, 0.3) is 0 Å². The fourth-order valence-electron chi connectivity index (χ4n) is 2.81. The second kappa shape index (κ2) is 3.13. The molecule has 15 heavy (non-hydrogen) atoms.